The van der Waals surface area contributed by atoms with Crippen molar-refractivity contribution in [1.82, 2.24) is 5.32 Å². The fourth-order valence-corrected chi connectivity index (χ4v) is 2.60. The van der Waals surface area contributed by atoms with E-state index in [2.05, 4.69) is 10.2 Å². The molecule has 1 unspecified atom stereocenters. The summed E-state index contributed by atoms with van der Waals surface area (Å²) in [6.07, 6.45) is 1.93. The molecule has 0 saturated carbocycles. The lowest BCUT2D eigenvalue weighted by Gasteiger charge is -2.34. The topological polar surface area (TPSA) is 67.6 Å². The van der Waals surface area contributed by atoms with Gasteiger partial charge >= 0.3 is 0 Å². The zero-order valence-electron chi connectivity index (χ0n) is 11.5. The summed E-state index contributed by atoms with van der Waals surface area (Å²) in [5, 5.41) is 2.72. The number of amides is 1. The Morgan fingerprint density at radius 2 is 2.32 bits per heavy atom. The molecule has 0 aromatic heterocycles. The number of carbonyl (C=O) groups excluding carboxylic acids is 1. The van der Waals surface area contributed by atoms with Crippen molar-refractivity contribution < 1.29 is 9.53 Å². The number of hydrogen-bond donors (Lipinski definition) is 2. The number of para-hydroxylation sites is 1. The van der Waals surface area contributed by atoms with Crippen molar-refractivity contribution in [2.75, 3.05) is 37.9 Å². The normalized spacial score (nSPS) is 19.1. The van der Waals surface area contributed by atoms with E-state index in [1.807, 2.05) is 18.2 Å². The molecule has 1 fully saturated rings. The predicted molar refractivity (Wildman–Crippen MR) is 76.4 cm³/mol. The van der Waals surface area contributed by atoms with Crippen LogP contribution in [0.3, 0.4) is 0 Å². The fourth-order valence-electron chi connectivity index (χ4n) is 2.60. The van der Waals surface area contributed by atoms with Crippen molar-refractivity contribution in [1.29, 1.82) is 0 Å². The zero-order valence-corrected chi connectivity index (χ0v) is 11.5. The molecule has 1 saturated heterocycles. The van der Waals surface area contributed by atoms with E-state index < -0.39 is 0 Å². The van der Waals surface area contributed by atoms with Gasteiger partial charge in [-0.2, -0.15) is 0 Å². The average Bonchev–Trinajstić information content (AvgIpc) is 2.46. The van der Waals surface area contributed by atoms with Crippen LogP contribution in [-0.4, -0.2) is 33.2 Å². The minimum atomic E-state index is 0.0318. The maximum atomic E-state index is 11.8. The monoisotopic (exact) mass is 263 g/mol. The quantitative estimate of drug-likeness (QED) is 0.805. The summed E-state index contributed by atoms with van der Waals surface area (Å²) in [4.78, 5) is 13.9. The molecule has 5 nitrogen and oxygen atoms in total. The van der Waals surface area contributed by atoms with E-state index in [0.717, 1.165) is 25.1 Å². The largest absolute Gasteiger partial charge is 0.495 e. The van der Waals surface area contributed by atoms with Crippen LogP contribution >= 0.6 is 0 Å². The standard InChI is InChI=1S/C14H21N3O2/c1-16-14(18)10-5-4-8-17(9-10)11-6-3-7-12(19-2)13(11)15/h3,6-7,10H,4-5,8-9,15H2,1-2H3,(H,16,18). The van der Waals surface area contributed by atoms with E-state index in [1.165, 1.54) is 0 Å². The fraction of sp³-hybridized carbons (Fsp3) is 0.500. The van der Waals surface area contributed by atoms with Crippen LogP contribution in [0.25, 0.3) is 0 Å². The first-order chi connectivity index (χ1) is 9.17. The lowest BCUT2D eigenvalue weighted by atomic mass is 9.96. The van der Waals surface area contributed by atoms with Crippen molar-refractivity contribution in [2.45, 2.75) is 12.8 Å². The van der Waals surface area contributed by atoms with Gasteiger partial charge in [0.1, 0.15) is 5.75 Å². The molecule has 3 N–H and O–H groups in total. The number of benzene rings is 1. The molecule has 0 aliphatic carbocycles. The highest BCUT2D eigenvalue weighted by molar-refractivity contribution is 5.80. The van der Waals surface area contributed by atoms with Gasteiger partial charge in [0.05, 0.1) is 24.4 Å². The lowest BCUT2D eigenvalue weighted by Crippen LogP contribution is -2.42. The summed E-state index contributed by atoms with van der Waals surface area (Å²) >= 11 is 0. The molecule has 1 aliphatic heterocycles. The van der Waals surface area contributed by atoms with Crippen LogP contribution in [-0.2, 0) is 4.79 Å². The van der Waals surface area contributed by atoms with Gasteiger partial charge in [-0.3, -0.25) is 4.79 Å². The highest BCUT2D eigenvalue weighted by Gasteiger charge is 2.26. The van der Waals surface area contributed by atoms with E-state index in [0.29, 0.717) is 18.0 Å². The van der Waals surface area contributed by atoms with Gasteiger partial charge in [0.2, 0.25) is 5.91 Å². The molecule has 0 bridgehead atoms. The van der Waals surface area contributed by atoms with Crippen molar-refractivity contribution >= 4 is 17.3 Å². The number of rotatable bonds is 3. The number of nitrogens with one attached hydrogen (secondary N) is 1. The summed E-state index contributed by atoms with van der Waals surface area (Å²) in [7, 11) is 3.29. The van der Waals surface area contributed by atoms with Crippen molar-refractivity contribution in [3.63, 3.8) is 0 Å². The Labute approximate surface area is 113 Å². The van der Waals surface area contributed by atoms with Crippen LogP contribution in [0.1, 0.15) is 12.8 Å². The first kappa shape index (κ1) is 13.5. The van der Waals surface area contributed by atoms with Crippen LogP contribution in [0.4, 0.5) is 11.4 Å². The molecule has 1 amide bonds. The third kappa shape index (κ3) is 2.75. The first-order valence-electron chi connectivity index (χ1n) is 6.56. The van der Waals surface area contributed by atoms with Crippen molar-refractivity contribution in [3.05, 3.63) is 18.2 Å². The molecule has 2 rings (SSSR count). The predicted octanol–water partition coefficient (Wildman–Crippen LogP) is 1.24. The molecule has 5 heteroatoms. The number of nitrogens with two attached hydrogens (primary N) is 1. The first-order valence-corrected chi connectivity index (χ1v) is 6.56. The third-order valence-corrected chi connectivity index (χ3v) is 3.64. The molecule has 1 heterocycles. The van der Waals surface area contributed by atoms with Gasteiger partial charge in [0, 0.05) is 20.1 Å². The molecule has 0 radical (unpaired) electrons. The van der Waals surface area contributed by atoms with Gasteiger partial charge in [-0.05, 0) is 25.0 Å². The Morgan fingerprint density at radius 1 is 1.53 bits per heavy atom. The van der Waals surface area contributed by atoms with Crippen LogP contribution in [0.5, 0.6) is 5.75 Å². The molecular weight excluding hydrogens is 242 g/mol. The van der Waals surface area contributed by atoms with Gasteiger partial charge < -0.3 is 20.7 Å². The second-order valence-electron chi connectivity index (χ2n) is 4.79. The smallest absolute Gasteiger partial charge is 0.224 e. The van der Waals surface area contributed by atoms with Crippen molar-refractivity contribution in [3.8, 4) is 5.75 Å². The van der Waals surface area contributed by atoms with Gasteiger partial charge in [0.15, 0.2) is 0 Å². The van der Waals surface area contributed by atoms with E-state index in [-0.39, 0.29) is 11.8 Å². The second kappa shape index (κ2) is 5.82. The Balaban J connectivity index is 2.20. The second-order valence-corrected chi connectivity index (χ2v) is 4.79. The highest BCUT2D eigenvalue weighted by atomic mass is 16.5. The van der Waals surface area contributed by atoms with E-state index in [1.54, 1.807) is 14.2 Å². The summed E-state index contributed by atoms with van der Waals surface area (Å²) in [6.45, 7) is 1.63. The Morgan fingerprint density at radius 3 is 3.00 bits per heavy atom. The molecule has 1 atom stereocenters. The Bertz CT molecular complexity index is 462. The molecule has 1 aromatic carbocycles. The summed E-state index contributed by atoms with van der Waals surface area (Å²) in [6, 6.07) is 5.75. The molecule has 1 aliphatic rings. The number of piperidine rings is 1. The summed E-state index contributed by atoms with van der Waals surface area (Å²) in [5.41, 5.74) is 7.70. The van der Waals surface area contributed by atoms with E-state index >= 15 is 0 Å². The number of nitrogen functional groups attached to an aromatic ring is 1. The van der Waals surface area contributed by atoms with Crippen LogP contribution < -0.4 is 20.7 Å². The third-order valence-electron chi connectivity index (χ3n) is 3.64. The Kier molecular flexibility index (Phi) is 4.14. The maximum Gasteiger partial charge on any atom is 0.224 e. The number of ether oxygens (including phenoxy) is 1. The van der Waals surface area contributed by atoms with Crippen LogP contribution in [0.2, 0.25) is 0 Å². The molecule has 19 heavy (non-hydrogen) atoms. The van der Waals surface area contributed by atoms with Crippen molar-refractivity contribution in [2.24, 2.45) is 5.92 Å². The SMILES string of the molecule is CNC(=O)C1CCCN(c2cccc(OC)c2N)C1. The number of hydrogen-bond acceptors (Lipinski definition) is 4. The average molecular weight is 263 g/mol. The van der Waals surface area contributed by atoms with Gasteiger partial charge in [-0.1, -0.05) is 6.07 Å². The lowest BCUT2D eigenvalue weighted by molar-refractivity contribution is -0.124. The summed E-state index contributed by atoms with van der Waals surface area (Å²) < 4.78 is 5.24. The van der Waals surface area contributed by atoms with Crippen LogP contribution in [0.15, 0.2) is 18.2 Å². The summed E-state index contributed by atoms with van der Waals surface area (Å²) in [5.74, 6) is 0.815. The van der Waals surface area contributed by atoms with E-state index in [4.69, 9.17) is 10.5 Å². The number of nitrogens with zero attached hydrogens (tertiary/aromatic N) is 1. The molecule has 1 aromatic rings. The van der Waals surface area contributed by atoms with Gasteiger partial charge in [-0.25, -0.2) is 0 Å². The number of anilines is 2. The molecule has 104 valence electrons. The Hall–Kier alpha value is -1.91. The molecule has 0 spiro atoms. The zero-order chi connectivity index (χ0) is 13.8. The maximum absolute atomic E-state index is 11.8. The van der Waals surface area contributed by atoms with E-state index in [9.17, 15) is 4.79 Å². The highest BCUT2D eigenvalue weighted by Crippen LogP contribution is 2.34. The van der Waals surface area contributed by atoms with Gasteiger partial charge in [0.25, 0.3) is 0 Å². The van der Waals surface area contributed by atoms with Gasteiger partial charge in [-0.15, -0.1) is 0 Å². The minimum Gasteiger partial charge on any atom is -0.495 e. The number of carbonyl (C=O) groups is 1. The minimum absolute atomic E-state index is 0.0318. The van der Waals surface area contributed by atoms with Crippen LogP contribution in [0, 0.1) is 5.92 Å². The number of methoxy groups -OCH3 is 1. The molecular formula is C14H21N3O2.